The number of benzene rings is 2. The van der Waals surface area contributed by atoms with Crippen molar-refractivity contribution in [3.63, 3.8) is 0 Å². The van der Waals surface area contributed by atoms with Crippen molar-refractivity contribution < 1.29 is 4.79 Å². The molecule has 0 radical (unpaired) electrons. The molecule has 0 spiro atoms. The SMILES string of the molecule is O=C(Nc1ccn(-c2ccccc2)n1)c1nn(-c2ccccc2)c2c1CCCCC2. The number of nitrogens with zero attached hydrogens (tertiary/aromatic N) is 4. The smallest absolute Gasteiger partial charge is 0.277 e. The van der Waals surface area contributed by atoms with E-state index >= 15 is 0 Å². The van der Waals surface area contributed by atoms with Gasteiger partial charge in [0.2, 0.25) is 0 Å². The standard InChI is InChI=1S/C24H23N5O/c30-24(25-22-16-17-28(26-22)18-10-4-1-5-11-18)23-20-14-8-3-9-15-21(20)29(27-23)19-12-6-2-7-13-19/h1-2,4-7,10-13,16-17H,3,8-9,14-15H2,(H,25,26,30). The van der Waals surface area contributed by atoms with Gasteiger partial charge < -0.3 is 5.32 Å². The number of amides is 1. The molecule has 2 heterocycles. The quantitative estimate of drug-likeness (QED) is 0.513. The summed E-state index contributed by atoms with van der Waals surface area (Å²) in [5.74, 6) is 0.307. The Hall–Kier alpha value is -3.67. The van der Waals surface area contributed by atoms with Crippen LogP contribution >= 0.6 is 0 Å². The normalized spacial score (nSPS) is 13.5. The van der Waals surface area contributed by atoms with Gasteiger partial charge in [-0.3, -0.25) is 4.79 Å². The number of carbonyl (C=O) groups excluding carboxylic acids is 1. The summed E-state index contributed by atoms with van der Waals surface area (Å²) in [5.41, 5.74) is 4.66. The molecular weight excluding hydrogens is 374 g/mol. The van der Waals surface area contributed by atoms with Crippen molar-refractivity contribution in [3.05, 3.63) is 89.9 Å². The van der Waals surface area contributed by atoms with Crippen LogP contribution in [0.2, 0.25) is 0 Å². The van der Waals surface area contributed by atoms with Gasteiger partial charge in [-0.2, -0.15) is 10.2 Å². The van der Waals surface area contributed by atoms with Crippen molar-refractivity contribution in [1.29, 1.82) is 0 Å². The summed E-state index contributed by atoms with van der Waals surface area (Å²) in [7, 11) is 0. The maximum atomic E-state index is 13.2. The number of carbonyl (C=O) groups is 1. The fourth-order valence-corrected chi connectivity index (χ4v) is 4.03. The lowest BCUT2D eigenvalue weighted by molar-refractivity contribution is 0.102. The second-order valence-corrected chi connectivity index (χ2v) is 7.52. The summed E-state index contributed by atoms with van der Waals surface area (Å²) in [6.07, 6.45) is 7.03. The van der Waals surface area contributed by atoms with Crippen LogP contribution in [-0.4, -0.2) is 25.5 Å². The predicted octanol–water partition coefficient (Wildman–Crippen LogP) is 4.58. The zero-order chi connectivity index (χ0) is 20.3. The first-order valence-electron chi connectivity index (χ1n) is 10.4. The van der Waals surface area contributed by atoms with Crippen LogP contribution in [0.3, 0.4) is 0 Å². The third-order valence-electron chi connectivity index (χ3n) is 5.50. The molecule has 0 bridgehead atoms. The largest absolute Gasteiger partial charge is 0.304 e. The van der Waals surface area contributed by atoms with Gasteiger partial charge in [-0.1, -0.05) is 42.8 Å². The summed E-state index contributed by atoms with van der Waals surface area (Å²) in [6.45, 7) is 0. The van der Waals surface area contributed by atoms with Crippen molar-refractivity contribution in [2.75, 3.05) is 5.32 Å². The van der Waals surface area contributed by atoms with Gasteiger partial charge in [-0.05, 0) is 49.9 Å². The van der Waals surface area contributed by atoms with Gasteiger partial charge in [-0.25, -0.2) is 9.36 Å². The Morgan fingerprint density at radius 2 is 1.50 bits per heavy atom. The molecule has 1 aliphatic carbocycles. The molecule has 2 aromatic heterocycles. The molecule has 0 saturated carbocycles. The molecule has 150 valence electrons. The number of anilines is 1. The van der Waals surface area contributed by atoms with E-state index in [0.29, 0.717) is 11.5 Å². The number of aromatic nitrogens is 4. The summed E-state index contributed by atoms with van der Waals surface area (Å²) < 4.78 is 3.69. The molecule has 1 N–H and O–H groups in total. The molecule has 0 atom stereocenters. The third kappa shape index (κ3) is 3.52. The molecule has 0 saturated heterocycles. The van der Waals surface area contributed by atoms with Crippen LogP contribution in [0.25, 0.3) is 11.4 Å². The van der Waals surface area contributed by atoms with E-state index in [9.17, 15) is 4.79 Å². The highest BCUT2D eigenvalue weighted by Gasteiger charge is 2.25. The van der Waals surface area contributed by atoms with Crippen LogP contribution in [0.5, 0.6) is 0 Å². The van der Waals surface area contributed by atoms with Crippen LogP contribution in [0.1, 0.15) is 41.0 Å². The van der Waals surface area contributed by atoms with E-state index in [4.69, 9.17) is 5.10 Å². The second kappa shape index (κ2) is 7.99. The Morgan fingerprint density at radius 3 is 2.27 bits per heavy atom. The maximum Gasteiger partial charge on any atom is 0.277 e. The monoisotopic (exact) mass is 397 g/mol. The minimum absolute atomic E-state index is 0.207. The molecule has 4 aromatic rings. The molecular formula is C24H23N5O. The Labute approximate surface area is 175 Å². The lowest BCUT2D eigenvalue weighted by atomic mass is 10.1. The summed E-state index contributed by atoms with van der Waals surface area (Å²) in [5, 5.41) is 12.2. The minimum Gasteiger partial charge on any atom is -0.304 e. The van der Waals surface area contributed by atoms with Crippen LogP contribution in [-0.2, 0) is 12.8 Å². The highest BCUT2D eigenvalue weighted by molar-refractivity contribution is 6.03. The lowest BCUT2D eigenvalue weighted by Crippen LogP contribution is -2.15. The summed E-state index contributed by atoms with van der Waals surface area (Å²) in [6, 6.07) is 21.7. The van der Waals surface area contributed by atoms with Gasteiger partial charge in [0.1, 0.15) is 0 Å². The highest BCUT2D eigenvalue weighted by Crippen LogP contribution is 2.27. The molecule has 1 amide bonds. The van der Waals surface area contributed by atoms with Gasteiger partial charge in [0, 0.05) is 23.5 Å². The lowest BCUT2D eigenvalue weighted by Gasteiger charge is -2.06. The van der Waals surface area contributed by atoms with Gasteiger partial charge in [-0.15, -0.1) is 0 Å². The fourth-order valence-electron chi connectivity index (χ4n) is 4.03. The van der Waals surface area contributed by atoms with Gasteiger partial charge in [0.05, 0.1) is 11.4 Å². The molecule has 30 heavy (non-hydrogen) atoms. The average molecular weight is 397 g/mol. The van der Waals surface area contributed by atoms with Crippen LogP contribution < -0.4 is 5.32 Å². The van der Waals surface area contributed by atoms with E-state index in [1.54, 1.807) is 10.7 Å². The van der Waals surface area contributed by atoms with Crippen LogP contribution in [0.15, 0.2) is 72.9 Å². The highest BCUT2D eigenvalue weighted by atomic mass is 16.2. The third-order valence-corrected chi connectivity index (χ3v) is 5.50. The van der Waals surface area contributed by atoms with Gasteiger partial charge in [0.15, 0.2) is 11.5 Å². The first kappa shape index (κ1) is 18.4. The molecule has 6 heteroatoms. The predicted molar refractivity (Wildman–Crippen MR) is 116 cm³/mol. The topological polar surface area (TPSA) is 64.7 Å². The van der Waals surface area contributed by atoms with Gasteiger partial charge in [0.25, 0.3) is 5.91 Å². The zero-order valence-corrected chi connectivity index (χ0v) is 16.7. The van der Waals surface area contributed by atoms with E-state index in [-0.39, 0.29) is 5.91 Å². The van der Waals surface area contributed by atoms with E-state index in [1.165, 1.54) is 6.42 Å². The number of fused-ring (bicyclic) bond motifs is 1. The molecule has 5 rings (SSSR count). The second-order valence-electron chi connectivity index (χ2n) is 7.52. The first-order chi connectivity index (χ1) is 14.8. The Bertz CT molecular complexity index is 1160. The average Bonchev–Trinajstić information content (AvgIpc) is 3.32. The Balaban J connectivity index is 1.46. The number of hydrogen-bond acceptors (Lipinski definition) is 3. The molecule has 0 unspecified atom stereocenters. The fraction of sp³-hybridized carbons (Fsp3) is 0.208. The van der Waals surface area contributed by atoms with E-state index < -0.39 is 0 Å². The van der Waals surface area contributed by atoms with Crippen LogP contribution in [0, 0.1) is 0 Å². The Kier molecular flexibility index (Phi) is 4.89. The molecule has 0 aliphatic heterocycles. The summed E-state index contributed by atoms with van der Waals surface area (Å²) >= 11 is 0. The molecule has 1 aliphatic rings. The van der Waals surface area contributed by atoms with Crippen LogP contribution in [0.4, 0.5) is 5.82 Å². The number of nitrogens with one attached hydrogen (secondary N) is 1. The number of hydrogen-bond donors (Lipinski definition) is 1. The zero-order valence-electron chi connectivity index (χ0n) is 16.7. The number of para-hydroxylation sites is 2. The van der Waals surface area contributed by atoms with Gasteiger partial charge >= 0.3 is 0 Å². The van der Waals surface area contributed by atoms with E-state index in [0.717, 1.165) is 48.3 Å². The molecule has 2 aromatic carbocycles. The molecule has 6 nitrogen and oxygen atoms in total. The van der Waals surface area contributed by atoms with E-state index in [1.807, 2.05) is 71.5 Å². The van der Waals surface area contributed by atoms with E-state index in [2.05, 4.69) is 10.4 Å². The maximum absolute atomic E-state index is 13.2. The van der Waals surface area contributed by atoms with Crippen molar-refractivity contribution in [3.8, 4) is 11.4 Å². The van der Waals surface area contributed by atoms with Crippen molar-refractivity contribution in [2.45, 2.75) is 32.1 Å². The first-order valence-corrected chi connectivity index (χ1v) is 10.4. The van der Waals surface area contributed by atoms with Crippen molar-refractivity contribution >= 4 is 11.7 Å². The van der Waals surface area contributed by atoms with Crippen molar-refractivity contribution in [1.82, 2.24) is 19.6 Å². The minimum atomic E-state index is -0.207. The number of rotatable bonds is 4. The summed E-state index contributed by atoms with van der Waals surface area (Å²) in [4.78, 5) is 13.2. The molecule has 0 fully saturated rings. The van der Waals surface area contributed by atoms with Crippen molar-refractivity contribution in [2.24, 2.45) is 0 Å². The Morgan fingerprint density at radius 1 is 0.800 bits per heavy atom.